The standard InChI is InChI=1S/C9H10ClN3O2/c1-3-6(4-11)13-5-12-8(10)7(15-2)9(13)14/h5-6H,3H2,1-2H3. The first-order valence-corrected chi connectivity index (χ1v) is 4.73. The zero-order valence-electron chi connectivity index (χ0n) is 8.40. The van der Waals surface area contributed by atoms with Gasteiger partial charge in [-0.2, -0.15) is 5.26 Å². The van der Waals surface area contributed by atoms with Crippen molar-refractivity contribution in [3.8, 4) is 11.8 Å². The molecule has 15 heavy (non-hydrogen) atoms. The molecule has 0 amide bonds. The molecule has 0 radical (unpaired) electrons. The molecule has 0 fully saturated rings. The van der Waals surface area contributed by atoms with Gasteiger partial charge in [0.05, 0.1) is 13.2 Å². The van der Waals surface area contributed by atoms with Crippen LogP contribution in [0, 0.1) is 11.3 Å². The fraction of sp³-hybridized carbons (Fsp3) is 0.444. The second-order valence-corrected chi connectivity index (χ2v) is 3.19. The molecule has 5 nitrogen and oxygen atoms in total. The Morgan fingerprint density at radius 1 is 1.80 bits per heavy atom. The van der Waals surface area contributed by atoms with Crippen LogP contribution in [-0.2, 0) is 0 Å². The van der Waals surface area contributed by atoms with Crippen LogP contribution in [0.4, 0.5) is 0 Å². The minimum absolute atomic E-state index is 0.00606. The highest BCUT2D eigenvalue weighted by molar-refractivity contribution is 6.30. The second kappa shape index (κ2) is 4.80. The predicted octanol–water partition coefficient (Wildman–Crippen LogP) is 1.38. The topological polar surface area (TPSA) is 67.9 Å². The molecule has 0 aromatic carbocycles. The minimum atomic E-state index is -0.545. The number of ether oxygens (including phenoxy) is 1. The van der Waals surface area contributed by atoms with Crippen LogP contribution in [0.25, 0.3) is 0 Å². The molecule has 1 atom stereocenters. The van der Waals surface area contributed by atoms with Crippen molar-refractivity contribution >= 4 is 11.6 Å². The van der Waals surface area contributed by atoms with Gasteiger partial charge in [-0.25, -0.2) is 4.98 Å². The molecule has 1 unspecified atom stereocenters. The molecule has 0 aliphatic heterocycles. The van der Waals surface area contributed by atoms with Crippen molar-refractivity contribution in [1.82, 2.24) is 9.55 Å². The van der Waals surface area contributed by atoms with E-state index in [0.29, 0.717) is 6.42 Å². The van der Waals surface area contributed by atoms with Gasteiger partial charge in [0.1, 0.15) is 12.4 Å². The molecule has 0 N–H and O–H groups in total. The van der Waals surface area contributed by atoms with Gasteiger partial charge >= 0.3 is 0 Å². The van der Waals surface area contributed by atoms with Gasteiger partial charge in [-0.3, -0.25) is 9.36 Å². The Bertz CT molecular complexity index is 450. The Kier molecular flexibility index (Phi) is 3.69. The molecule has 0 aliphatic rings. The number of rotatable bonds is 3. The van der Waals surface area contributed by atoms with E-state index in [2.05, 4.69) is 4.98 Å². The van der Waals surface area contributed by atoms with Crippen LogP contribution >= 0.6 is 11.6 Å². The predicted molar refractivity (Wildman–Crippen MR) is 55.0 cm³/mol. The summed E-state index contributed by atoms with van der Waals surface area (Å²) in [5, 5.41) is 8.83. The number of nitriles is 1. The van der Waals surface area contributed by atoms with Gasteiger partial charge in [-0.05, 0) is 6.42 Å². The van der Waals surface area contributed by atoms with E-state index in [0.717, 1.165) is 0 Å². The summed E-state index contributed by atoms with van der Waals surface area (Å²) in [5.41, 5.74) is -0.439. The van der Waals surface area contributed by atoms with Crippen LogP contribution in [0.5, 0.6) is 5.75 Å². The van der Waals surface area contributed by atoms with Gasteiger partial charge in [0.2, 0.25) is 5.75 Å². The van der Waals surface area contributed by atoms with E-state index in [-0.39, 0.29) is 10.9 Å². The molecule has 80 valence electrons. The number of methoxy groups -OCH3 is 1. The second-order valence-electron chi connectivity index (χ2n) is 2.83. The quantitative estimate of drug-likeness (QED) is 0.732. The van der Waals surface area contributed by atoms with E-state index in [1.807, 2.05) is 6.07 Å². The third-order valence-electron chi connectivity index (χ3n) is 1.99. The highest BCUT2D eigenvalue weighted by Crippen LogP contribution is 2.17. The van der Waals surface area contributed by atoms with Crippen LogP contribution in [0.15, 0.2) is 11.1 Å². The van der Waals surface area contributed by atoms with Gasteiger partial charge in [0.25, 0.3) is 5.56 Å². The SMILES string of the molecule is CCC(C#N)n1cnc(Cl)c(OC)c1=O. The Labute approximate surface area is 91.9 Å². The molecule has 0 spiro atoms. The van der Waals surface area contributed by atoms with Crippen LogP contribution in [0.1, 0.15) is 19.4 Å². The molecule has 1 rings (SSSR count). The molecule has 1 aromatic rings. The van der Waals surface area contributed by atoms with E-state index in [9.17, 15) is 4.79 Å². The fourth-order valence-corrected chi connectivity index (χ4v) is 1.37. The molecule has 0 aliphatic carbocycles. The molecule has 1 aromatic heterocycles. The van der Waals surface area contributed by atoms with Crippen molar-refractivity contribution in [1.29, 1.82) is 5.26 Å². The molecular weight excluding hydrogens is 218 g/mol. The Balaban J connectivity index is 3.35. The smallest absolute Gasteiger partial charge is 0.298 e. The summed E-state index contributed by atoms with van der Waals surface area (Å²) in [6.07, 6.45) is 1.77. The molecular formula is C9H10ClN3O2. The number of hydrogen-bond donors (Lipinski definition) is 0. The van der Waals surface area contributed by atoms with Crippen LogP contribution < -0.4 is 10.3 Å². The summed E-state index contributed by atoms with van der Waals surface area (Å²) in [5.74, 6) is -0.0344. The fourth-order valence-electron chi connectivity index (χ4n) is 1.17. The zero-order chi connectivity index (χ0) is 11.4. The normalized spacial score (nSPS) is 11.9. The van der Waals surface area contributed by atoms with Gasteiger partial charge < -0.3 is 4.74 Å². The van der Waals surface area contributed by atoms with Crippen molar-refractivity contribution in [2.24, 2.45) is 0 Å². The average molecular weight is 228 g/mol. The maximum Gasteiger partial charge on any atom is 0.298 e. The van der Waals surface area contributed by atoms with Crippen molar-refractivity contribution in [2.45, 2.75) is 19.4 Å². The van der Waals surface area contributed by atoms with Gasteiger partial charge in [0, 0.05) is 0 Å². The third kappa shape index (κ3) is 2.10. The summed E-state index contributed by atoms with van der Waals surface area (Å²) in [4.78, 5) is 15.5. The molecule has 1 heterocycles. The first-order valence-electron chi connectivity index (χ1n) is 4.35. The minimum Gasteiger partial charge on any atom is -0.489 e. The van der Waals surface area contributed by atoms with Gasteiger partial charge in [0.15, 0.2) is 5.15 Å². The highest BCUT2D eigenvalue weighted by atomic mass is 35.5. The average Bonchev–Trinajstić information content (AvgIpc) is 2.23. The lowest BCUT2D eigenvalue weighted by Gasteiger charge is -2.11. The lowest BCUT2D eigenvalue weighted by atomic mass is 10.2. The molecule has 0 saturated heterocycles. The zero-order valence-corrected chi connectivity index (χ0v) is 9.15. The van der Waals surface area contributed by atoms with Crippen LogP contribution in [0.2, 0.25) is 5.15 Å². The summed E-state index contributed by atoms with van der Waals surface area (Å²) < 4.78 is 6.03. The number of aromatic nitrogens is 2. The molecule has 0 saturated carbocycles. The lowest BCUT2D eigenvalue weighted by molar-refractivity contribution is 0.396. The van der Waals surface area contributed by atoms with Crippen molar-refractivity contribution in [3.63, 3.8) is 0 Å². The summed E-state index contributed by atoms with van der Waals surface area (Å²) in [6.45, 7) is 1.81. The number of halogens is 1. The molecule has 0 bridgehead atoms. The Morgan fingerprint density at radius 3 is 2.93 bits per heavy atom. The Morgan fingerprint density at radius 2 is 2.47 bits per heavy atom. The van der Waals surface area contributed by atoms with Crippen molar-refractivity contribution < 1.29 is 4.74 Å². The lowest BCUT2D eigenvalue weighted by Crippen LogP contribution is -2.25. The molecule has 6 heteroatoms. The maximum atomic E-state index is 11.7. The van der Waals surface area contributed by atoms with E-state index in [1.54, 1.807) is 6.92 Å². The van der Waals surface area contributed by atoms with E-state index in [1.165, 1.54) is 18.0 Å². The van der Waals surface area contributed by atoms with E-state index in [4.69, 9.17) is 21.6 Å². The first-order chi connectivity index (χ1) is 7.15. The van der Waals surface area contributed by atoms with Gasteiger partial charge in [-0.1, -0.05) is 18.5 Å². The monoisotopic (exact) mass is 227 g/mol. The van der Waals surface area contributed by atoms with E-state index >= 15 is 0 Å². The van der Waals surface area contributed by atoms with Gasteiger partial charge in [-0.15, -0.1) is 0 Å². The van der Waals surface area contributed by atoms with Crippen molar-refractivity contribution in [2.75, 3.05) is 7.11 Å². The summed E-state index contributed by atoms with van der Waals surface area (Å²) in [6, 6.07) is 1.46. The van der Waals surface area contributed by atoms with E-state index < -0.39 is 11.6 Å². The Hall–Kier alpha value is -1.54. The summed E-state index contributed by atoms with van der Waals surface area (Å²) >= 11 is 5.66. The van der Waals surface area contributed by atoms with Crippen LogP contribution in [0.3, 0.4) is 0 Å². The maximum absolute atomic E-state index is 11.7. The third-order valence-corrected chi connectivity index (χ3v) is 2.26. The largest absolute Gasteiger partial charge is 0.489 e. The van der Waals surface area contributed by atoms with Crippen molar-refractivity contribution in [3.05, 3.63) is 21.8 Å². The highest BCUT2D eigenvalue weighted by Gasteiger charge is 2.15. The summed E-state index contributed by atoms with van der Waals surface area (Å²) in [7, 11) is 1.34. The first kappa shape index (κ1) is 11.5. The number of hydrogen-bond acceptors (Lipinski definition) is 4. The van der Waals surface area contributed by atoms with Crippen LogP contribution in [-0.4, -0.2) is 16.7 Å². The number of nitrogens with zero attached hydrogens (tertiary/aromatic N) is 3.